The van der Waals surface area contributed by atoms with Gasteiger partial charge in [-0.15, -0.1) is 0 Å². The van der Waals surface area contributed by atoms with E-state index in [1.54, 1.807) is 0 Å². The molecule has 88 valence electrons. The summed E-state index contributed by atoms with van der Waals surface area (Å²) in [7, 11) is 2.31. The second-order valence-electron chi connectivity index (χ2n) is 5.77. The number of nitrogens with zero attached hydrogens (tertiary/aromatic N) is 1. The Morgan fingerprint density at radius 3 is 2.47 bits per heavy atom. The van der Waals surface area contributed by atoms with Crippen LogP contribution in [0.15, 0.2) is 0 Å². The van der Waals surface area contributed by atoms with Crippen LogP contribution in [0, 0.1) is 17.8 Å². The molecule has 1 aliphatic carbocycles. The molecule has 0 aromatic carbocycles. The molecule has 0 aromatic rings. The minimum absolute atomic E-state index is 0.871. The monoisotopic (exact) mass is 210 g/mol. The van der Waals surface area contributed by atoms with Crippen molar-refractivity contribution in [1.29, 1.82) is 0 Å². The average Bonchev–Trinajstić information content (AvgIpc) is 2.79. The third kappa shape index (κ3) is 3.18. The molecule has 0 unspecified atom stereocenters. The fraction of sp³-hybridized carbons (Fsp3) is 1.00. The smallest absolute Gasteiger partial charge is 0.00219 e. The predicted molar refractivity (Wildman–Crippen MR) is 65.0 cm³/mol. The summed E-state index contributed by atoms with van der Waals surface area (Å²) < 4.78 is 0. The summed E-state index contributed by atoms with van der Waals surface area (Å²) in [5.41, 5.74) is 0. The van der Waals surface area contributed by atoms with Crippen molar-refractivity contribution in [3.05, 3.63) is 0 Å². The van der Waals surface area contributed by atoms with Crippen molar-refractivity contribution in [2.75, 3.05) is 33.2 Å². The largest absolute Gasteiger partial charge is 0.316 e. The van der Waals surface area contributed by atoms with Crippen LogP contribution in [-0.2, 0) is 0 Å². The van der Waals surface area contributed by atoms with Gasteiger partial charge < -0.3 is 10.2 Å². The molecule has 1 heterocycles. The van der Waals surface area contributed by atoms with Crippen molar-refractivity contribution in [1.82, 2.24) is 10.2 Å². The Balaban J connectivity index is 1.69. The molecule has 0 bridgehead atoms. The van der Waals surface area contributed by atoms with Gasteiger partial charge >= 0.3 is 0 Å². The van der Waals surface area contributed by atoms with Gasteiger partial charge in [0, 0.05) is 13.1 Å². The van der Waals surface area contributed by atoms with Gasteiger partial charge in [-0.2, -0.15) is 0 Å². The summed E-state index contributed by atoms with van der Waals surface area (Å²) in [4.78, 5) is 2.57. The van der Waals surface area contributed by atoms with Crippen LogP contribution in [0.25, 0.3) is 0 Å². The predicted octanol–water partition coefficient (Wildman–Crippen LogP) is 1.96. The van der Waals surface area contributed by atoms with E-state index in [1.807, 2.05) is 0 Å². The first-order valence-electron chi connectivity index (χ1n) is 6.65. The van der Waals surface area contributed by atoms with Crippen LogP contribution in [-0.4, -0.2) is 38.1 Å². The Morgan fingerprint density at radius 1 is 1.13 bits per heavy atom. The SMILES string of the molecule is C[C@@H]1CNC[C@H]1CN(C)CC1CCCC1. The van der Waals surface area contributed by atoms with Gasteiger partial charge in [0.1, 0.15) is 0 Å². The van der Waals surface area contributed by atoms with E-state index in [2.05, 4.69) is 24.2 Å². The lowest BCUT2D eigenvalue weighted by Crippen LogP contribution is -2.32. The van der Waals surface area contributed by atoms with E-state index in [0.29, 0.717) is 0 Å². The summed E-state index contributed by atoms with van der Waals surface area (Å²) >= 11 is 0. The van der Waals surface area contributed by atoms with Gasteiger partial charge in [0.25, 0.3) is 0 Å². The van der Waals surface area contributed by atoms with Gasteiger partial charge in [0.15, 0.2) is 0 Å². The molecule has 2 fully saturated rings. The molecule has 0 amide bonds. The minimum atomic E-state index is 0.871. The zero-order chi connectivity index (χ0) is 10.7. The maximum absolute atomic E-state index is 3.49. The summed E-state index contributed by atoms with van der Waals surface area (Å²) in [6, 6.07) is 0. The zero-order valence-electron chi connectivity index (χ0n) is 10.3. The second-order valence-corrected chi connectivity index (χ2v) is 5.77. The van der Waals surface area contributed by atoms with Crippen LogP contribution in [0.1, 0.15) is 32.6 Å². The summed E-state index contributed by atoms with van der Waals surface area (Å²) in [6.45, 7) is 7.47. The molecule has 0 aromatic heterocycles. The van der Waals surface area contributed by atoms with Crippen LogP contribution in [0.3, 0.4) is 0 Å². The highest BCUT2D eigenvalue weighted by Gasteiger charge is 2.25. The molecule has 1 saturated heterocycles. The molecule has 2 nitrogen and oxygen atoms in total. The van der Waals surface area contributed by atoms with E-state index < -0.39 is 0 Å². The number of nitrogens with one attached hydrogen (secondary N) is 1. The van der Waals surface area contributed by atoms with E-state index in [1.165, 1.54) is 51.9 Å². The summed E-state index contributed by atoms with van der Waals surface area (Å²) in [6.07, 6.45) is 5.89. The molecule has 2 rings (SSSR count). The van der Waals surface area contributed by atoms with Gasteiger partial charge in [0.05, 0.1) is 0 Å². The number of rotatable bonds is 4. The first-order chi connectivity index (χ1) is 7.25. The van der Waals surface area contributed by atoms with Gasteiger partial charge in [-0.25, -0.2) is 0 Å². The van der Waals surface area contributed by atoms with Crippen LogP contribution in [0.4, 0.5) is 0 Å². The molecule has 1 aliphatic heterocycles. The molecular formula is C13H26N2. The lowest BCUT2D eigenvalue weighted by atomic mass is 9.97. The molecular weight excluding hydrogens is 184 g/mol. The molecule has 0 radical (unpaired) electrons. The minimum Gasteiger partial charge on any atom is -0.316 e. The summed E-state index contributed by atoms with van der Waals surface area (Å²) in [5.74, 6) is 2.76. The highest BCUT2D eigenvalue weighted by molar-refractivity contribution is 4.81. The molecule has 1 N–H and O–H groups in total. The Morgan fingerprint density at radius 2 is 1.87 bits per heavy atom. The highest BCUT2D eigenvalue weighted by Crippen LogP contribution is 2.26. The lowest BCUT2D eigenvalue weighted by molar-refractivity contribution is 0.226. The number of hydrogen-bond acceptors (Lipinski definition) is 2. The first kappa shape index (κ1) is 11.4. The molecule has 15 heavy (non-hydrogen) atoms. The van der Waals surface area contributed by atoms with E-state index in [-0.39, 0.29) is 0 Å². The Bertz CT molecular complexity index is 187. The van der Waals surface area contributed by atoms with Crippen molar-refractivity contribution < 1.29 is 0 Å². The third-order valence-electron chi connectivity index (χ3n) is 4.27. The molecule has 0 spiro atoms. The fourth-order valence-corrected chi connectivity index (χ4v) is 3.22. The maximum atomic E-state index is 3.49. The van der Waals surface area contributed by atoms with Crippen LogP contribution >= 0.6 is 0 Å². The van der Waals surface area contributed by atoms with Crippen molar-refractivity contribution in [2.45, 2.75) is 32.6 Å². The zero-order valence-corrected chi connectivity index (χ0v) is 10.3. The standard InChI is InChI=1S/C13H26N2/c1-11-7-14-8-13(11)10-15(2)9-12-5-3-4-6-12/h11-14H,3-10H2,1-2H3/t11-,13+/m1/s1. The third-order valence-corrected chi connectivity index (χ3v) is 4.27. The average molecular weight is 210 g/mol. The van der Waals surface area contributed by atoms with Gasteiger partial charge in [0.2, 0.25) is 0 Å². The topological polar surface area (TPSA) is 15.3 Å². The van der Waals surface area contributed by atoms with Crippen molar-refractivity contribution in [2.24, 2.45) is 17.8 Å². The lowest BCUT2D eigenvalue weighted by Gasteiger charge is -2.25. The Hall–Kier alpha value is -0.0800. The van der Waals surface area contributed by atoms with Crippen LogP contribution in [0.2, 0.25) is 0 Å². The number of hydrogen-bond donors (Lipinski definition) is 1. The van der Waals surface area contributed by atoms with Crippen molar-refractivity contribution in [3.8, 4) is 0 Å². The molecule has 2 atom stereocenters. The second kappa shape index (κ2) is 5.31. The Labute approximate surface area is 94.4 Å². The molecule has 2 aliphatic rings. The van der Waals surface area contributed by atoms with Gasteiger partial charge in [-0.3, -0.25) is 0 Å². The van der Waals surface area contributed by atoms with E-state index >= 15 is 0 Å². The highest BCUT2D eigenvalue weighted by atomic mass is 15.1. The molecule has 1 saturated carbocycles. The fourth-order valence-electron chi connectivity index (χ4n) is 3.22. The van der Waals surface area contributed by atoms with E-state index in [9.17, 15) is 0 Å². The summed E-state index contributed by atoms with van der Waals surface area (Å²) in [5, 5.41) is 3.49. The van der Waals surface area contributed by atoms with Crippen LogP contribution in [0.5, 0.6) is 0 Å². The van der Waals surface area contributed by atoms with E-state index in [0.717, 1.165) is 17.8 Å². The molecule has 2 heteroatoms. The van der Waals surface area contributed by atoms with Gasteiger partial charge in [-0.1, -0.05) is 19.8 Å². The van der Waals surface area contributed by atoms with Crippen molar-refractivity contribution in [3.63, 3.8) is 0 Å². The van der Waals surface area contributed by atoms with Crippen LogP contribution < -0.4 is 5.32 Å². The first-order valence-corrected chi connectivity index (χ1v) is 6.65. The van der Waals surface area contributed by atoms with E-state index in [4.69, 9.17) is 0 Å². The Kier molecular flexibility index (Phi) is 4.04. The maximum Gasteiger partial charge on any atom is 0.00219 e. The quantitative estimate of drug-likeness (QED) is 0.763. The normalized spacial score (nSPS) is 33.0. The van der Waals surface area contributed by atoms with Crippen molar-refractivity contribution >= 4 is 0 Å². The van der Waals surface area contributed by atoms with Gasteiger partial charge in [-0.05, 0) is 50.7 Å².